The lowest BCUT2D eigenvalue weighted by Crippen LogP contribution is -2.04. The molecule has 0 saturated heterocycles. The Morgan fingerprint density at radius 1 is 1.00 bits per heavy atom. The Kier molecular flexibility index (Phi) is 5.00. The van der Waals surface area contributed by atoms with Crippen LogP contribution in [0.3, 0.4) is 0 Å². The van der Waals surface area contributed by atoms with E-state index < -0.39 is 0 Å². The Morgan fingerprint density at radius 3 is 2.64 bits per heavy atom. The fraction of sp³-hybridized carbons (Fsp3) is 0.167. The molecule has 0 saturated carbocycles. The summed E-state index contributed by atoms with van der Waals surface area (Å²) < 4.78 is 5.33. The van der Waals surface area contributed by atoms with E-state index in [1.54, 1.807) is 25.3 Å². The van der Waals surface area contributed by atoms with Gasteiger partial charge in [-0.15, -0.1) is 5.10 Å². The average molecular weight is 356 g/mol. The van der Waals surface area contributed by atoms with Crippen LogP contribution in [0, 0.1) is 13.8 Å². The Balaban J connectivity index is 1.85. The predicted octanol–water partition coefficient (Wildman–Crippen LogP) is 4.64. The molecule has 2 N–H and O–H groups in total. The molecule has 0 fully saturated rings. The summed E-state index contributed by atoms with van der Waals surface area (Å²) in [5, 5.41) is 15.0. The van der Waals surface area contributed by atoms with Crippen LogP contribution in [0.15, 0.2) is 42.6 Å². The van der Waals surface area contributed by atoms with Crippen molar-refractivity contribution in [1.82, 2.24) is 15.2 Å². The van der Waals surface area contributed by atoms with Crippen molar-refractivity contribution in [1.29, 1.82) is 0 Å². The predicted molar refractivity (Wildman–Crippen MR) is 100 cm³/mol. The standard InChI is InChI=1S/C18H18ClN5O/c1-11-4-5-12(2)14(8-11)22-18-23-17(10-20-24-18)21-15-9-13(19)6-7-16(15)25-3/h4-10H,1-3H3,(H2,21,22,23,24). The zero-order valence-electron chi connectivity index (χ0n) is 14.2. The van der Waals surface area contributed by atoms with Crippen molar-refractivity contribution in [3.8, 4) is 5.75 Å². The first-order valence-electron chi connectivity index (χ1n) is 7.70. The molecule has 0 aliphatic carbocycles. The highest BCUT2D eigenvalue weighted by molar-refractivity contribution is 6.31. The van der Waals surface area contributed by atoms with Crippen LogP contribution in [0.2, 0.25) is 5.02 Å². The molecular formula is C18H18ClN5O. The Bertz CT molecular complexity index is 900. The summed E-state index contributed by atoms with van der Waals surface area (Å²) in [6.07, 6.45) is 1.54. The zero-order chi connectivity index (χ0) is 17.8. The largest absolute Gasteiger partial charge is 0.495 e. The maximum atomic E-state index is 6.05. The molecule has 0 amide bonds. The highest BCUT2D eigenvalue weighted by Gasteiger charge is 2.08. The number of aromatic nitrogens is 3. The summed E-state index contributed by atoms with van der Waals surface area (Å²) in [5.74, 6) is 1.59. The minimum Gasteiger partial charge on any atom is -0.495 e. The number of hydrogen-bond donors (Lipinski definition) is 2. The van der Waals surface area contributed by atoms with Gasteiger partial charge in [-0.3, -0.25) is 0 Å². The third kappa shape index (κ3) is 4.16. The molecule has 3 aromatic rings. The van der Waals surface area contributed by atoms with Crippen LogP contribution >= 0.6 is 11.6 Å². The number of methoxy groups -OCH3 is 1. The van der Waals surface area contributed by atoms with Crippen molar-refractivity contribution in [3.63, 3.8) is 0 Å². The van der Waals surface area contributed by atoms with E-state index in [0.29, 0.717) is 28.2 Å². The van der Waals surface area contributed by atoms with E-state index >= 15 is 0 Å². The molecule has 1 heterocycles. The number of halogens is 1. The zero-order valence-corrected chi connectivity index (χ0v) is 14.9. The van der Waals surface area contributed by atoms with Crippen LogP contribution in [0.5, 0.6) is 5.75 Å². The van der Waals surface area contributed by atoms with Crippen LogP contribution < -0.4 is 15.4 Å². The number of rotatable bonds is 5. The van der Waals surface area contributed by atoms with E-state index in [4.69, 9.17) is 16.3 Å². The van der Waals surface area contributed by atoms with E-state index in [-0.39, 0.29) is 0 Å². The first kappa shape index (κ1) is 17.0. The molecular weight excluding hydrogens is 338 g/mol. The summed E-state index contributed by atoms with van der Waals surface area (Å²) >= 11 is 6.05. The van der Waals surface area contributed by atoms with Gasteiger partial charge < -0.3 is 15.4 Å². The molecule has 0 aliphatic heterocycles. The van der Waals surface area contributed by atoms with Crippen molar-refractivity contribution < 1.29 is 4.74 Å². The normalized spacial score (nSPS) is 10.4. The third-order valence-electron chi connectivity index (χ3n) is 3.62. The smallest absolute Gasteiger partial charge is 0.249 e. The van der Waals surface area contributed by atoms with Gasteiger partial charge in [0.15, 0.2) is 5.82 Å². The Hall–Kier alpha value is -2.86. The van der Waals surface area contributed by atoms with Crippen molar-refractivity contribution in [2.45, 2.75) is 13.8 Å². The fourth-order valence-corrected chi connectivity index (χ4v) is 2.50. The second-order valence-corrected chi connectivity index (χ2v) is 6.01. The van der Waals surface area contributed by atoms with E-state index in [1.165, 1.54) is 6.20 Å². The van der Waals surface area contributed by atoms with Gasteiger partial charge in [-0.2, -0.15) is 10.1 Å². The lowest BCUT2D eigenvalue weighted by molar-refractivity contribution is 0.417. The number of hydrogen-bond acceptors (Lipinski definition) is 6. The number of nitrogens with one attached hydrogen (secondary N) is 2. The highest BCUT2D eigenvalue weighted by atomic mass is 35.5. The number of anilines is 4. The molecule has 0 unspecified atom stereocenters. The SMILES string of the molecule is COc1ccc(Cl)cc1Nc1cnnc(Nc2cc(C)ccc2C)n1. The lowest BCUT2D eigenvalue weighted by Gasteiger charge is -2.12. The van der Waals surface area contributed by atoms with Gasteiger partial charge in [0.05, 0.1) is 19.0 Å². The van der Waals surface area contributed by atoms with Crippen molar-refractivity contribution in [2.75, 3.05) is 17.7 Å². The number of aryl methyl sites for hydroxylation is 2. The van der Waals surface area contributed by atoms with Crippen LogP contribution in [-0.4, -0.2) is 22.3 Å². The first-order chi connectivity index (χ1) is 12.0. The van der Waals surface area contributed by atoms with Crippen LogP contribution in [-0.2, 0) is 0 Å². The quantitative estimate of drug-likeness (QED) is 0.694. The van der Waals surface area contributed by atoms with E-state index in [2.05, 4.69) is 31.9 Å². The van der Waals surface area contributed by atoms with Gasteiger partial charge in [0, 0.05) is 10.7 Å². The van der Waals surface area contributed by atoms with Crippen LogP contribution in [0.1, 0.15) is 11.1 Å². The number of ether oxygens (including phenoxy) is 1. The summed E-state index contributed by atoms with van der Waals surface area (Å²) in [7, 11) is 1.60. The molecule has 25 heavy (non-hydrogen) atoms. The Labute approximate surface area is 151 Å². The number of benzene rings is 2. The summed E-state index contributed by atoms with van der Waals surface area (Å²) in [6.45, 7) is 4.06. The molecule has 0 spiro atoms. The van der Waals surface area contributed by atoms with Gasteiger partial charge in [-0.05, 0) is 49.2 Å². The molecule has 0 bridgehead atoms. The minimum atomic E-state index is 0.402. The van der Waals surface area contributed by atoms with Crippen molar-refractivity contribution in [3.05, 3.63) is 58.7 Å². The molecule has 7 heteroatoms. The third-order valence-corrected chi connectivity index (χ3v) is 3.86. The van der Waals surface area contributed by atoms with Crippen LogP contribution in [0.25, 0.3) is 0 Å². The van der Waals surface area contributed by atoms with E-state index in [0.717, 1.165) is 16.8 Å². The first-order valence-corrected chi connectivity index (χ1v) is 8.07. The van der Waals surface area contributed by atoms with Gasteiger partial charge >= 0.3 is 0 Å². The van der Waals surface area contributed by atoms with Gasteiger partial charge in [-0.1, -0.05) is 23.7 Å². The summed E-state index contributed by atoms with van der Waals surface area (Å²) in [4.78, 5) is 4.44. The summed E-state index contributed by atoms with van der Waals surface area (Å²) in [5.41, 5.74) is 3.90. The maximum Gasteiger partial charge on any atom is 0.249 e. The molecule has 2 aromatic carbocycles. The maximum absolute atomic E-state index is 6.05. The average Bonchev–Trinajstić information content (AvgIpc) is 2.59. The molecule has 6 nitrogen and oxygen atoms in total. The van der Waals surface area contributed by atoms with Gasteiger partial charge in [-0.25, -0.2) is 0 Å². The lowest BCUT2D eigenvalue weighted by atomic mass is 10.1. The second-order valence-electron chi connectivity index (χ2n) is 5.58. The van der Waals surface area contributed by atoms with Crippen molar-refractivity contribution in [2.24, 2.45) is 0 Å². The number of nitrogens with zero attached hydrogens (tertiary/aromatic N) is 3. The van der Waals surface area contributed by atoms with E-state index in [1.807, 2.05) is 26.0 Å². The van der Waals surface area contributed by atoms with Crippen LogP contribution in [0.4, 0.5) is 23.1 Å². The molecule has 1 aromatic heterocycles. The summed E-state index contributed by atoms with van der Waals surface area (Å²) in [6, 6.07) is 11.5. The monoisotopic (exact) mass is 355 g/mol. The molecule has 128 valence electrons. The van der Waals surface area contributed by atoms with Gasteiger partial charge in [0.2, 0.25) is 5.95 Å². The second kappa shape index (κ2) is 7.36. The van der Waals surface area contributed by atoms with Gasteiger partial charge in [0.1, 0.15) is 5.75 Å². The topological polar surface area (TPSA) is 72.0 Å². The molecule has 3 rings (SSSR count). The fourth-order valence-electron chi connectivity index (χ4n) is 2.32. The minimum absolute atomic E-state index is 0.402. The molecule has 0 radical (unpaired) electrons. The molecule has 0 aliphatic rings. The van der Waals surface area contributed by atoms with Gasteiger partial charge in [0.25, 0.3) is 0 Å². The molecule has 0 atom stereocenters. The highest BCUT2D eigenvalue weighted by Crippen LogP contribution is 2.30. The Morgan fingerprint density at radius 2 is 1.84 bits per heavy atom. The van der Waals surface area contributed by atoms with Crippen molar-refractivity contribution >= 4 is 34.7 Å². The van der Waals surface area contributed by atoms with E-state index in [9.17, 15) is 0 Å².